The van der Waals surface area contributed by atoms with Crippen LogP contribution in [0.3, 0.4) is 0 Å². The second-order valence-electron chi connectivity index (χ2n) is 4.50. The van der Waals surface area contributed by atoms with Crippen molar-refractivity contribution >= 4 is 11.6 Å². The zero-order valence-electron chi connectivity index (χ0n) is 9.55. The minimum Gasteiger partial charge on any atom is -0.312 e. The highest BCUT2D eigenvalue weighted by Gasteiger charge is 2.19. The van der Waals surface area contributed by atoms with Crippen LogP contribution in [0.2, 0.25) is 5.02 Å². The van der Waals surface area contributed by atoms with Crippen molar-refractivity contribution in [3.05, 3.63) is 34.3 Å². The van der Waals surface area contributed by atoms with Gasteiger partial charge in [0.15, 0.2) is 0 Å². The third-order valence-electron chi connectivity index (χ3n) is 3.02. The van der Waals surface area contributed by atoms with Crippen molar-refractivity contribution in [3.63, 3.8) is 0 Å². The van der Waals surface area contributed by atoms with E-state index < -0.39 is 6.17 Å². The van der Waals surface area contributed by atoms with E-state index in [0.717, 1.165) is 12.0 Å². The number of hydrogen-bond acceptors (Lipinski definition) is 2. The first-order chi connectivity index (χ1) is 6.88. The van der Waals surface area contributed by atoms with Crippen LogP contribution in [-0.4, -0.2) is 0 Å². The molecule has 0 spiro atoms. The fraction of sp³-hybridized carbons (Fsp3) is 0.500. The van der Waals surface area contributed by atoms with Crippen LogP contribution < -0.4 is 11.5 Å². The minimum absolute atomic E-state index is 0.133. The third kappa shape index (κ3) is 2.71. The Morgan fingerprint density at radius 3 is 2.40 bits per heavy atom. The first-order valence-corrected chi connectivity index (χ1v) is 5.57. The van der Waals surface area contributed by atoms with Crippen molar-refractivity contribution < 1.29 is 0 Å². The summed E-state index contributed by atoms with van der Waals surface area (Å²) in [4.78, 5) is 0. The highest BCUT2D eigenvalue weighted by atomic mass is 35.5. The Bertz CT molecular complexity index is 345. The normalized spacial score (nSPS) is 12.2. The van der Waals surface area contributed by atoms with Gasteiger partial charge in [-0.1, -0.05) is 44.5 Å². The van der Waals surface area contributed by atoms with Crippen molar-refractivity contribution in [1.82, 2.24) is 0 Å². The molecular weight excluding hydrogens is 208 g/mol. The highest BCUT2D eigenvalue weighted by molar-refractivity contribution is 6.31. The number of nitrogens with two attached hydrogens (primary N) is 2. The van der Waals surface area contributed by atoms with Gasteiger partial charge in [0.05, 0.1) is 6.17 Å². The molecule has 84 valence electrons. The average Bonchev–Trinajstić information content (AvgIpc) is 2.17. The average molecular weight is 227 g/mol. The minimum atomic E-state index is -0.509. The first kappa shape index (κ1) is 12.5. The van der Waals surface area contributed by atoms with Gasteiger partial charge >= 0.3 is 0 Å². The zero-order chi connectivity index (χ0) is 11.6. The Kier molecular flexibility index (Phi) is 3.77. The summed E-state index contributed by atoms with van der Waals surface area (Å²) in [5.41, 5.74) is 13.5. The molecule has 0 atom stereocenters. The van der Waals surface area contributed by atoms with E-state index >= 15 is 0 Å². The largest absolute Gasteiger partial charge is 0.312 e. The predicted octanol–water partition coefficient (Wildman–Crippen LogP) is 2.94. The lowest BCUT2D eigenvalue weighted by Gasteiger charge is -2.24. The Morgan fingerprint density at radius 1 is 1.33 bits per heavy atom. The molecule has 1 aromatic rings. The molecule has 0 radical (unpaired) electrons. The fourth-order valence-electron chi connectivity index (χ4n) is 1.42. The maximum absolute atomic E-state index is 6.02. The molecule has 1 aromatic carbocycles. The van der Waals surface area contributed by atoms with Gasteiger partial charge in [-0.05, 0) is 23.5 Å². The molecule has 0 aliphatic rings. The molecule has 1 rings (SSSR count). The SMILES string of the molecule is CCC(C)(C)c1ccc(Cl)c(C(N)N)c1. The van der Waals surface area contributed by atoms with E-state index in [0.29, 0.717) is 5.02 Å². The van der Waals surface area contributed by atoms with Gasteiger partial charge < -0.3 is 11.5 Å². The van der Waals surface area contributed by atoms with Crippen LogP contribution in [-0.2, 0) is 5.41 Å². The molecule has 0 saturated carbocycles. The van der Waals surface area contributed by atoms with E-state index in [1.165, 1.54) is 5.56 Å². The summed E-state index contributed by atoms with van der Waals surface area (Å²) >= 11 is 6.02. The van der Waals surface area contributed by atoms with Crippen LogP contribution in [0.1, 0.15) is 44.5 Å². The molecular formula is C12H19ClN2. The van der Waals surface area contributed by atoms with Gasteiger partial charge in [0, 0.05) is 10.6 Å². The Balaban J connectivity index is 3.19. The molecule has 0 aromatic heterocycles. The molecule has 0 saturated heterocycles. The van der Waals surface area contributed by atoms with E-state index in [-0.39, 0.29) is 5.41 Å². The first-order valence-electron chi connectivity index (χ1n) is 5.19. The van der Waals surface area contributed by atoms with Crippen LogP contribution in [0, 0.1) is 0 Å². The van der Waals surface area contributed by atoms with E-state index in [1.54, 1.807) is 0 Å². The summed E-state index contributed by atoms with van der Waals surface area (Å²) in [6, 6.07) is 5.92. The number of halogens is 1. The monoisotopic (exact) mass is 226 g/mol. The van der Waals surface area contributed by atoms with E-state index in [9.17, 15) is 0 Å². The second kappa shape index (κ2) is 4.52. The Morgan fingerprint density at radius 2 is 1.93 bits per heavy atom. The standard InChI is InChI=1S/C12H19ClN2/c1-4-12(2,3)8-5-6-10(13)9(7-8)11(14)15/h5-7,11H,4,14-15H2,1-3H3. The highest BCUT2D eigenvalue weighted by Crippen LogP contribution is 2.30. The molecule has 0 amide bonds. The van der Waals surface area contributed by atoms with Crippen molar-refractivity contribution in [2.24, 2.45) is 11.5 Å². The van der Waals surface area contributed by atoms with E-state index in [1.807, 2.05) is 18.2 Å². The van der Waals surface area contributed by atoms with Crippen LogP contribution >= 0.6 is 11.6 Å². The summed E-state index contributed by atoms with van der Waals surface area (Å²) in [5.74, 6) is 0. The number of hydrogen-bond donors (Lipinski definition) is 2. The van der Waals surface area contributed by atoms with Crippen LogP contribution in [0.15, 0.2) is 18.2 Å². The summed E-state index contributed by atoms with van der Waals surface area (Å²) in [6.45, 7) is 6.56. The second-order valence-corrected chi connectivity index (χ2v) is 4.91. The van der Waals surface area contributed by atoms with Crippen LogP contribution in [0.5, 0.6) is 0 Å². The number of benzene rings is 1. The Labute approximate surface area is 96.6 Å². The van der Waals surface area contributed by atoms with Crippen LogP contribution in [0.25, 0.3) is 0 Å². The van der Waals surface area contributed by atoms with E-state index in [2.05, 4.69) is 20.8 Å². The molecule has 0 aliphatic heterocycles. The van der Waals surface area contributed by atoms with Crippen molar-refractivity contribution in [1.29, 1.82) is 0 Å². The smallest absolute Gasteiger partial charge is 0.0799 e. The lowest BCUT2D eigenvalue weighted by Crippen LogP contribution is -2.22. The maximum atomic E-state index is 6.02. The van der Waals surface area contributed by atoms with Crippen molar-refractivity contribution in [2.75, 3.05) is 0 Å². The van der Waals surface area contributed by atoms with Gasteiger partial charge in [-0.25, -0.2) is 0 Å². The zero-order valence-corrected chi connectivity index (χ0v) is 10.3. The molecule has 4 N–H and O–H groups in total. The van der Waals surface area contributed by atoms with Crippen LogP contribution in [0.4, 0.5) is 0 Å². The van der Waals surface area contributed by atoms with Gasteiger partial charge in [-0.2, -0.15) is 0 Å². The van der Waals surface area contributed by atoms with Gasteiger partial charge in [-0.3, -0.25) is 0 Å². The quantitative estimate of drug-likeness (QED) is 0.779. The van der Waals surface area contributed by atoms with Gasteiger partial charge in [0.1, 0.15) is 0 Å². The lowest BCUT2D eigenvalue weighted by molar-refractivity contribution is 0.505. The Hall–Kier alpha value is -0.570. The maximum Gasteiger partial charge on any atom is 0.0799 e. The molecule has 0 bridgehead atoms. The van der Waals surface area contributed by atoms with Gasteiger partial charge in [0.25, 0.3) is 0 Å². The van der Waals surface area contributed by atoms with E-state index in [4.69, 9.17) is 23.1 Å². The third-order valence-corrected chi connectivity index (χ3v) is 3.36. The van der Waals surface area contributed by atoms with Gasteiger partial charge in [0.2, 0.25) is 0 Å². The summed E-state index contributed by atoms with van der Waals surface area (Å²) in [5, 5.41) is 0.639. The fourth-order valence-corrected chi connectivity index (χ4v) is 1.67. The molecule has 0 heterocycles. The lowest BCUT2D eigenvalue weighted by atomic mass is 9.81. The molecule has 0 fully saturated rings. The summed E-state index contributed by atoms with van der Waals surface area (Å²) in [7, 11) is 0. The summed E-state index contributed by atoms with van der Waals surface area (Å²) in [6.07, 6.45) is 0.554. The van der Waals surface area contributed by atoms with Gasteiger partial charge in [-0.15, -0.1) is 0 Å². The molecule has 15 heavy (non-hydrogen) atoms. The topological polar surface area (TPSA) is 52.0 Å². The molecule has 2 nitrogen and oxygen atoms in total. The van der Waals surface area contributed by atoms with Crippen molar-refractivity contribution in [3.8, 4) is 0 Å². The predicted molar refractivity (Wildman–Crippen MR) is 65.9 cm³/mol. The molecule has 0 aliphatic carbocycles. The molecule has 3 heteroatoms. The van der Waals surface area contributed by atoms with Crippen molar-refractivity contribution in [2.45, 2.75) is 38.8 Å². The number of rotatable bonds is 3. The molecule has 0 unspecified atom stereocenters. The summed E-state index contributed by atoms with van der Waals surface area (Å²) < 4.78 is 0.